The third-order valence-corrected chi connectivity index (χ3v) is 3.45. The first kappa shape index (κ1) is 19.7. The molecule has 0 unspecified atom stereocenters. The van der Waals surface area contributed by atoms with E-state index in [9.17, 15) is 23.3 Å². The lowest BCUT2D eigenvalue weighted by molar-refractivity contribution is -0.385. The van der Waals surface area contributed by atoms with Gasteiger partial charge in [-0.25, -0.2) is 4.79 Å². The van der Waals surface area contributed by atoms with Crippen LogP contribution < -0.4 is 10.1 Å². The number of hydrogen-bond acceptors (Lipinski definition) is 5. The Bertz CT molecular complexity index is 586. The molecule has 0 saturated carbocycles. The maximum Gasteiger partial charge on any atom is 0.490 e. The van der Waals surface area contributed by atoms with Crippen molar-refractivity contribution in [3.05, 3.63) is 33.9 Å². The van der Waals surface area contributed by atoms with Crippen molar-refractivity contribution in [2.75, 3.05) is 20.2 Å². The number of carboxylic acid groups (broad SMARTS) is 1. The molecule has 134 valence electrons. The predicted molar refractivity (Wildman–Crippen MR) is 78.2 cm³/mol. The SMILES string of the molecule is COc1cc(C2CCNCC2)ccc1[N+](=O)[O-].O=C(O)C(F)(F)F. The summed E-state index contributed by atoms with van der Waals surface area (Å²) in [6.07, 6.45) is -2.94. The maximum atomic E-state index is 10.8. The van der Waals surface area contributed by atoms with E-state index in [2.05, 4.69) is 5.32 Å². The molecular formula is C14H17F3N2O5. The van der Waals surface area contributed by atoms with Gasteiger partial charge < -0.3 is 15.2 Å². The van der Waals surface area contributed by atoms with Gasteiger partial charge in [0.05, 0.1) is 12.0 Å². The van der Waals surface area contributed by atoms with Crippen molar-refractivity contribution in [2.45, 2.75) is 24.9 Å². The van der Waals surface area contributed by atoms with Crippen LogP contribution in [-0.2, 0) is 4.79 Å². The predicted octanol–water partition coefficient (Wildman–Crippen LogP) is 2.70. The summed E-state index contributed by atoms with van der Waals surface area (Å²) in [6, 6.07) is 5.18. The molecule has 0 amide bonds. The molecule has 1 aliphatic rings. The lowest BCUT2D eigenvalue weighted by atomic mass is 9.90. The molecule has 0 aliphatic carbocycles. The third kappa shape index (κ3) is 5.69. The standard InChI is InChI=1S/C12H16N2O3.C2HF3O2/c1-17-12-8-10(2-3-11(12)14(15)16)9-4-6-13-7-5-9;3-2(4,5)1(6)7/h2-3,8-9,13H,4-7H2,1H3;(H,6,7). The lowest BCUT2D eigenvalue weighted by Gasteiger charge is -2.23. The van der Waals surface area contributed by atoms with E-state index in [0.717, 1.165) is 31.5 Å². The molecule has 2 rings (SSSR count). The van der Waals surface area contributed by atoms with Gasteiger partial charge in [0.2, 0.25) is 0 Å². The van der Waals surface area contributed by atoms with E-state index in [1.54, 1.807) is 6.07 Å². The van der Waals surface area contributed by atoms with Crippen LogP contribution in [0.1, 0.15) is 24.3 Å². The van der Waals surface area contributed by atoms with E-state index in [1.165, 1.54) is 13.2 Å². The highest BCUT2D eigenvalue weighted by Crippen LogP contribution is 2.33. The van der Waals surface area contributed by atoms with Crippen LogP contribution in [-0.4, -0.2) is 42.4 Å². The lowest BCUT2D eigenvalue weighted by Crippen LogP contribution is -2.26. The summed E-state index contributed by atoms with van der Waals surface area (Å²) in [6.45, 7) is 2.01. The molecule has 0 radical (unpaired) electrons. The summed E-state index contributed by atoms with van der Waals surface area (Å²) in [7, 11) is 1.47. The van der Waals surface area contributed by atoms with Crippen molar-refractivity contribution in [1.29, 1.82) is 0 Å². The average molecular weight is 350 g/mol. The summed E-state index contributed by atoms with van der Waals surface area (Å²) in [4.78, 5) is 19.3. The number of methoxy groups -OCH3 is 1. The Balaban J connectivity index is 0.000000351. The van der Waals surface area contributed by atoms with E-state index < -0.39 is 17.1 Å². The van der Waals surface area contributed by atoms with Gasteiger partial charge in [-0.2, -0.15) is 13.2 Å². The Labute approximate surface area is 135 Å². The Hall–Kier alpha value is -2.36. The van der Waals surface area contributed by atoms with Crippen LogP contribution in [0.2, 0.25) is 0 Å². The van der Waals surface area contributed by atoms with E-state index >= 15 is 0 Å². The van der Waals surface area contributed by atoms with E-state index in [0.29, 0.717) is 11.7 Å². The van der Waals surface area contributed by atoms with Crippen LogP contribution in [0.15, 0.2) is 18.2 Å². The molecule has 10 heteroatoms. The van der Waals surface area contributed by atoms with Gasteiger partial charge in [0, 0.05) is 6.07 Å². The largest absolute Gasteiger partial charge is 0.490 e. The van der Waals surface area contributed by atoms with Crippen LogP contribution in [0.3, 0.4) is 0 Å². The molecule has 1 fully saturated rings. The number of nitrogens with zero attached hydrogens (tertiary/aromatic N) is 1. The molecule has 0 aromatic heterocycles. The molecule has 24 heavy (non-hydrogen) atoms. The molecule has 0 bridgehead atoms. The van der Waals surface area contributed by atoms with Crippen LogP contribution in [0.4, 0.5) is 18.9 Å². The number of nitro benzene ring substituents is 1. The first-order chi connectivity index (χ1) is 11.2. The number of ether oxygens (including phenoxy) is 1. The molecule has 1 aromatic carbocycles. The summed E-state index contributed by atoms with van der Waals surface area (Å²) < 4.78 is 36.8. The molecule has 0 atom stereocenters. The van der Waals surface area contributed by atoms with Gasteiger partial charge in [0.25, 0.3) is 0 Å². The maximum absolute atomic E-state index is 10.8. The van der Waals surface area contributed by atoms with E-state index in [-0.39, 0.29) is 5.69 Å². The van der Waals surface area contributed by atoms with Crippen molar-refractivity contribution in [2.24, 2.45) is 0 Å². The van der Waals surface area contributed by atoms with Gasteiger partial charge >= 0.3 is 17.8 Å². The van der Waals surface area contributed by atoms with E-state index in [4.69, 9.17) is 14.6 Å². The number of alkyl halides is 3. The minimum Gasteiger partial charge on any atom is -0.490 e. The number of piperidine rings is 1. The molecule has 1 aliphatic heterocycles. The number of halogens is 3. The van der Waals surface area contributed by atoms with Crippen LogP contribution in [0, 0.1) is 10.1 Å². The molecule has 1 aromatic rings. The van der Waals surface area contributed by atoms with Crippen molar-refractivity contribution in [3.8, 4) is 5.75 Å². The molecular weight excluding hydrogens is 333 g/mol. The number of hydrogen-bond donors (Lipinski definition) is 2. The van der Waals surface area contributed by atoms with Crippen molar-refractivity contribution in [3.63, 3.8) is 0 Å². The first-order valence-electron chi connectivity index (χ1n) is 7.00. The molecule has 1 heterocycles. The second kappa shape index (κ2) is 8.48. The number of carboxylic acids is 1. The average Bonchev–Trinajstić information content (AvgIpc) is 2.54. The second-order valence-corrected chi connectivity index (χ2v) is 5.02. The zero-order chi connectivity index (χ0) is 18.3. The molecule has 2 N–H and O–H groups in total. The summed E-state index contributed by atoms with van der Waals surface area (Å²) in [5.74, 6) is -1.93. The number of benzene rings is 1. The molecule has 7 nitrogen and oxygen atoms in total. The normalized spacial score (nSPS) is 15.2. The molecule has 0 spiro atoms. The summed E-state index contributed by atoms with van der Waals surface area (Å²) in [5.41, 5.74) is 1.17. The Morgan fingerprint density at radius 1 is 1.38 bits per heavy atom. The van der Waals surface area contributed by atoms with Crippen LogP contribution in [0.25, 0.3) is 0 Å². The second-order valence-electron chi connectivity index (χ2n) is 5.02. The number of nitro groups is 1. The van der Waals surface area contributed by atoms with Crippen molar-refractivity contribution in [1.82, 2.24) is 5.32 Å². The zero-order valence-corrected chi connectivity index (χ0v) is 12.8. The van der Waals surface area contributed by atoms with Gasteiger partial charge in [-0.1, -0.05) is 6.07 Å². The number of nitrogens with one attached hydrogen (secondary N) is 1. The smallest absolute Gasteiger partial charge is 0.490 e. The minimum atomic E-state index is -5.08. The fourth-order valence-electron chi connectivity index (χ4n) is 2.25. The fraction of sp³-hybridized carbons (Fsp3) is 0.500. The zero-order valence-electron chi connectivity index (χ0n) is 12.8. The van der Waals surface area contributed by atoms with Gasteiger partial charge in [-0.05, 0) is 43.5 Å². The quantitative estimate of drug-likeness (QED) is 0.642. The molecule has 1 saturated heterocycles. The Morgan fingerprint density at radius 3 is 2.33 bits per heavy atom. The first-order valence-corrected chi connectivity index (χ1v) is 7.00. The highest BCUT2D eigenvalue weighted by molar-refractivity contribution is 5.73. The van der Waals surface area contributed by atoms with Gasteiger partial charge in [0.15, 0.2) is 5.75 Å². The van der Waals surface area contributed by atoms with Gasteiger partial charge in [-0.15, -0.1) is 0 Å². The van der Waals surface area contributed by atoms with Crippen molar-refractivity contribution < 1.29 is 32.7 Å². The summed E-state index contributed by atoms with van der Waals surface area (Å²) in [5, 5.41) is 21.2. The topological polar surface area (TPSA) is 102 Å². The highest BCUT2D eigenvalue weighted by Gasteiger charge is 2.38. The number of rotatable bonds is 3. The van der Waals surface area contributed by atoms with E-state index in [1.807, 2.05) is 6.07 Å². The highest BCUT2D eigenvalue weighted by atomic mass is 19.4. The third-order valence-electron chi connectivity index (χ3n) is 3.45. The Morgan fingerprint density at radius 2 is 1.92 bits per heavy atom. The van der Waals surface area contributed by atoms with Crippen molar-refractivity contribution >= 4 is 11.7 Å². The number of carbonyl (C=O) groups is 1. The minimum absolute atomic E-state index is 0.0326. The van der Waals surface area contributed by atoms with Gasteiger partial charge in [-0.3, -0.25) is 10.1 Å². The van der Waals surface area contributed by atoms with Crippen LogP contribution >= 0.6 is 0 Å². The Kier molecular flexibility index (Phi) is 6.96. The van der Waals surface area contributed by atoms with Crippen LogP contribution in [0.5, 0.6) is 5.75 Å². The monoisotopic (exact) mass is 350 g/mol. The fourth-order valence-corrected chi connectivity index (χ4v) is 2.25. The number of aliphatic carboxylic acids is 1. The van der Waals surface area contributed by atoms with Gasteiger partial charge in [0.1, 0.15) is 0 Å². The summed E-state index contributed by atoms with van der Waals surface area (Å²) >= 11 is 0.